The second-order valence-corrected chi connectivity index (χ2v) is 10.7. The lowest BCUT2D eigenvalue weighted by molar-refractivity contribution is -0.142. The summed E-state index contributed by atoms with van der Waals surface area (Å²) in [4.78, 5) is 38.0. The van der Waals surface area contributed by atoms with E-state index >= 15 is 0 Å². The van der Waals surface area contributed by atoms with Gasteiger partial charge in [-0.3, -0.25) is 14.4 Å². The molecule has 0 aliphatic heterocycles. The molecule has 2 amide bonds. The molecule has 0 atom stereocenters. The standard InChI is InChI=1S/C38H31F3N2O4/c39-38(40,41)30-18-16-28(17-19-30)32-11-5-4-10-29(32)25-35(44)43-31-20-14-26(15-21-31)24-36(45)47-23-22-42-37(46)34-13-7-6-12-33(34)27-8-2-1-3-9-27/h1-21H,22-25H2,(H,42,46)(H,43,44). The van der Waals surface area contributed by atoms with Gasteiger partial charge in [-0.15, -0.1) is 0 Å². The normalized spacial score (nSPS) is 11.0. The monoisotopic (exact) mass is 636 g/mol. The fraction of sp³-hybridized carbons (Fsp3) is 0.132. The van der Waals surface area contributed by atoms with Crippen LogP contribution in [0.25, 0.3) is 22.3 Å². The Labute approximate surface area is 270 Å². The first kappa shape index (κ1) is 32.7. The minimum Gasteiger partial charge on any atom is -0.464 e. The first-order valence-corrected chi connectivity index (χ1v) is 14.9. The van der Waals surface area contributed by atoms with E-state index in [1.807, 2.05) is 42.5 Å². The molecule has 0 spiro atoms. The van der Waals surface area contributed by atoms with Gasteiger partial charge in [-0.1, -0.05) is 97.1 Å². The molecule has 5 rings (SSSR count). The van der Waals surface area contributed by atoms with Crippen molar-refractivity contribution in [3.8, 4) is 22.3 Å². The zero-order valence-corrected chi connectivity index (χ0v) is 25.2. The molecular weight excluding hydrogens is 605 g/mol. The van der Waals surface area contributed by atoms with Crippen LogP contribution in [-0.4, -0.2) is 30.9 Å². The fourth-order valence-corrected chi connectivity index (χ4v) is 5.07. The lowest BCUT2D eigenvalue weighted by Gasteiger charge is -2.12. The highest BCUT2D eigenvalue weighted by molar-refractivity contribution is 6.00. The predicted molar refractivity (Wildman–Crippen MR) is 175 cm³/mol. The van der Waals surface area contributed by atoms with Crippen molar-refractivity contribution in [2.45, 2.75) is 19.0 Å². The first-order chi connectivity index (χ1) is 22.7. The molecule has 238 valence electrons. The molecule has 2 N–H and O–H groups in total. The van der Waals surface area contributed by atoms with Crippen LogP contribution in [0.1, 0.15) is 27.0 Å². The van der Waals surface area contributed by atoms with Gasteiger partial charge in [0.05, 0.1) is 24.9 Å². The van der Waals surface area contributed by atoms with E-state index in [1.54, 1.807) is 60.7 Å². The Morgan fingerprint density at radius 2 is 1.26 bits per heavy atom. The van der Waals surface area contributed by atoms with Crippen molar-refractivity contribution < 1.29 is 32.3 Å². The molecule has 47 heavy (non-hydrogen) atoms. The number of ether oxygens (including phenoxy) is 1. The van der Waals surface area contributed by atoms with E-state index in [0.717, 1.165) is 23.3 Å². The SMILES string of the molecule is O=C(Cc1ccccc1-c1ccc(C(F)(F)F)cc1)Nc1ccc(CC(=O)OCCNC(=O)c2ccccc2-c2ccccc2)cc1. The van der Waals surface area contributed by atoms with Crippen molar-refractivity contribution in [3.05, 3.63) is 150 Å². The van der Waals surface area contributed by atoms with Gasteiger partial charge in [0.2, 0.25) is 5.91 Å². The highest BCUT2D eigenvalue weighted by Crippen LogP contribution is 2.32. The minimum atomic E-state index is -4.43. The summed E-state index contributed by atoms with van der Waals surface area (Å²) in [6.45, 7) is 0.167. The number of carbonyl (C=O) groups excluding carboxylic acids is 3. The number of hydrogen-bond acceptors (Lipinski definition) is 4. The van der Waals surface area contributed by atoms with Gasteiger partial charge in [0.25, 0.3) is 5.91 Å². The van der Waals surface area contributed by atoms with Crippen LogP contribution in [0.5, 0.6) is 0 Å². The lowest BCUT2D eigenvalue weighted by Crippen LogP contribution is -2.28. The molecule has 0 saturated heterocycles. The number of halogens is 3. The molecular formula is C38H31F3N2O4. The number of hydrogen-bond donors (Lipinski definition) is 2. The zero-order chi connectivity index (χ0) is 33.2. The maximum Gasteiger partial charge on any atom is 0.416 e. The van der Waals surface area contributed by atoms with Gasteiger partial charge in [-0.2, -0.15) is 13.2 Å². The van der Waals surface area contributed by atoms with Crippen molar-refractivity contribution in [2.75, 3.05) is 18.5 Å². The van der Waals surface area contributed by atoms with Crippen LogP contribution in [0.2, 0.25) is 0 Å². The molecule has 0 heterocycles. The summed E-state index contributed by atoms with van der Waals surface area (Å²) < 4.78 is 44.2. The van der Waals surface area contributed by atoms with Crippen LogP contribution in [0.15, 0.2) is 127 Å². The van der Waals surface area contributed by atoms with Gasteiger partial charge in [-0.25, -0.2) is 0 Å². The van der Waals surface area contributed by atoms with Gasteiger partial charge >= 0.3 is 12.1 Å². The number of rotatable bonds is 11. The molecule has 6 nitrogen and oxygen atoms in total. The number of anilines is 1. The fourth-order valence-electron chi connectivity index (χ4n) is 5.07. The summed E-state index contributed by atoms with van der Waals surface area (Å²) in [6, 6.07) is 35.5. The van der Waals surface area contributed by atoms with Crippen LogP contribution in [0.3, 0.4) is 0 Å². The molecule has 9 heteroatoms. The van der Waals surface area contributed by atoms with Crippen molar-refractivity contribution in [2.24, 2.45) is 0 Å². The number of esters is 1. The number of amides is 2. The number of nitrogens with one attached hydrogen (secondary N) is 2. The lowest BCUT2D eigenvalue weighted by atomic mass is 9.96. The van der Waals surface area contributed by atoms with Crippen LogP contribution in [0, 0.1) is 0 Å². The molecule has 0 aromatic heterocycles. The molecule has 0 fully saturated rings. The highest BCUT2D eigenvalue weighted by Gasteiger charge is 2.30. The predicted octanol–water partition coefficient (Wildman–Crippen LogP) is 7.74. The van der Waals surface area contributed by atoms with E-state index in [9.17, 15) is 27.6 Å². The zero-order valence-electron chi connectivity index (χ0n) is 25.2. The van der Waals surface area contributed by atoms with Gasteiger partial charge in [0, 0.05) is 11.3 Å². The van der Waals surface area contributed by atoms with Crippen molar-refractivity contribution in [3.63, 3.8) is 0 Å². The Morgan fingerprint density at radius 3 is 1.96 bits per heavy atom. The Bertz CT molecular complexity index is 1840. The Morgan fingerprint density at radius 1 is 0.638 bits per heavy atom. The van der Waals surface area contributed by atoms with Gasteiger partial charge in [-0.05, 0) is 63.7 Å². The molecule has 0 aliphatic rings. The third-order valence-electron chi connectivity index (χ3n) is 7.38. The van der Waals surface area contributed by atoms with E-state index in [4.69, 9.17) is 4.74 Å². The summed E-state index contributed by atoms with van der Waals surface area (Å²) >= 11 is 0. The summed E-state index contributed by atoms with van der Waals surface area (Å²) in [5, 5.41) is 5.61. The van der Waals surface area contributed by atoms with Crippen LogP contribution in [0.4, 0.5) is 18.9 Å². The van der Waals surface area contributed by atoms with Crippen LogP contribution in [-0.2, 0) is 33.3 Å². The maximum absolute atomic E-state index is 13.0. The molecule has 0 radical (unpaired) electrons. The van der Waals surface area contributed by atoms with Gasteiger partial charge in [0.15, 0.2) is 0 Å². The molecule has 0 saturated carbocycles. The molecule has 5 aromatic rings. The molecule has 0 aliphatic carbocycles. The highest BCUT2D eigenvalue weighted by atomic mass is 19.4. The maximum atomic E-state index is 13.0. The largest absolute Gasteiger partial charge is 0.464 e. The van der Waals surface area contributed by atoms with Crippen molar-refractivity contribution in [1.29, 1.82) is 0 Å². The number of benzene rings is 5. The Kier molecular flexibility index (Phi) is 10.5. The minimum absolute atomic E-state index is 0.0134. The summed E-state index contributed by atoms with van der Waals surface area (Å²) in [5.41, 5.74) is 4.65. The Hall–Kier alpha value is -5.70. The quantitative estimate of drug-likeness (QED) is 0.115. The second kappa shape index (κ2) is 15.1. The third kappa shape index (κ3) is 8.94. The molecule has 0 bridgehead atoms. The average molecular weight is 637 g/mol. The second-order valence-electron chi connectivity index (χ2n) is 10.7. The van der Waals surface area contributed by atoms with E-state index in [-0.39, 0.29) is 37.8 Å². The Balaban J connectivity index is 1.08. The summed E-state index contributed by atoms with van der Waals surface area (Å²) in [7, 11) is 0. The van der Waals surface area contributed by atoms with Crippen molar-refractivity contribution >= 4 is 23.5 Å². The van der Waals surface area contributed by atoms with Crippen molar-refractivity contribution in [1.82, 2.24) is 5.32 Å². The topological polar surface area (TPSA) is 84.5 Å². The summed E-state index contributed by atoms with van der Waals surface area (Å²) in [5.74, 6) is -1.02. The molecule has 0 unspecified atom stereocenters. The van der Waals surface area contributed by atoms with E-state index < -0.39 is 17.7 Å². The van der Waals surface area contributed by atoms with Gasteiger partial charge in [0.1, 0.15) is 6.61 Å². The third-order valence-corrected chi connectivity index (χ3v) is 7.38. The molecule has 5 aromatic carbocycles. The van der Waals surface area contributed by atoms with E-state index in [2.05, 4.69) is 10.6 Å². The van der Waals surface area contributed by atoms with E-state index in [1.165, 1.54) is 12.1 Å². The van der Waals surface area contributed by atoms with Crippen LogP contribution < -0.4 is 10.6 Å². The van der Waals surface area contributed by atoms with Gasteiger partial charge < -0.3 is 15.4 Å². The van der Waals surface area contributed by atoms with E-state index in [0.29, 0.717) is 33.5 Å². The first-order valence-electron chi connectivity index (χ1n) is 14.9. The number of carbonyl (C=O) groups is 3. The smallest absolute Gasteiger partial charge is 0.416 e. The van der Waals surface area contributed by atoms with Crippen LogP contribution >= 0.6 is 0 Å². The number of alkyl halides is 3. The average Bonchev–Trinajstić information content (AvgIpc) is 3.08. The summed E-state index contributed by atoms with van der Waals surface area (Å²) in [6.07, 6.45) is -4.40.